The van der Waals surface area contributed by atoms with Gasteiger partial charge in [-0.3, -0.25) is 4.79 Å². The van der Waals surface area contributed by atoms with Gasteiger partial charge in [0.05, 0.1) is 18.6 Å². The third kappa shape index (κ3) is 2.15. The van der Waals surface area contributed by atoms with Crippen LogP contribution in [-0.4, -0.2) is 29.2 Å². The molecule has 5 unspecified atom stereocenters. The first kappa shape index (κ1) is 19.8. The molecule has 0 amide bonds. The van der Waals surface area contributed by atoms with E-state index in [1.165, 1.54) is 11.1 Å². The fourth-order valence-electron chi connectivity index (χ4n) is 7.43. The van der Waals surface area contributed by atoms with Gasteiger partial charge in [-0.2, -0.15) is 0 Å². The number of ketones is 1. The highest BCUT2D eigenvalue weighted by atomic mass is 16.3. The van der Waals surface area contributed by atoms with Crippen LogP contribution < -0.4 is 0 Å². The Morgan fingerprint density at radius 3 is 2.75 bits per heavy atom. The van der Waals surface area contributed by atoms with Crippen molar-refractivity contribution in [3.05, 3.63) is 46.6 Å². The van der Waals surface area contributed by atoms with E-state index in [0.717, 1.165) is 43.3 Å². The number of carbonyl (C=O) groups is 1. The van der Waals surface area contributed by atoms with E-state index in [9.17, 15) is 15.0 Å². The van der Waals surface area contributed by atoms with Crippen LogP contribution in [0.3, 0.4) is 0 Å². The van der Waals surface area contributed by atoms with Crippen molar-refractivity contribution >= 4 is 5.78 Å². The second kappa shape index (κ2) is 6.53. The number of hydrogen-bond acceptors (Lipinski definition) is 3. The van der Waals surface area contributed by atoms with Gasteiger partial charge in [0.15, 0.2) is 5.78 Å². The molecule has 2 spiro atoms. The standard InChI is InChI=1S/C25H34O3/c1-16(14-26)6-5-7-17(2)20-9-10-23(4)13-21-18(3)12-22(28)25(21)19(15-27)8-11-24(20,23)25/h6,8-9,12,17,21,26-27H,5,7,10-11,13-15H2,1-4H3. The van der Waals surface area contributed by atoms with Crippen molar-refractivity contribution in [1.82, 2.24) is 0 Å². The van der Waals surface area contributed by atoms with Gasteiger partial charge in [-0.15, -0.1) is 0 Å². The van der Waals surface area contributed by atoms with Crippen LogP contribution in [0, 0.1) is 28.1 Å². The summed E-state index contributed by atoms with van der Waals surface area (Å²) in [5.74, 6) is 0.853. The first-order valence-electron chi connectivity index (χ1n) is 10.8. The predicted molar refractivity (Wildman–Crippen MR) is 112 cm³/mol. The molecule has 0 heterocycles. The number of hydrogen-bond donors (Lipinski definition) is 2. The molecule has 5 atom stereocenters. The third-order valence-corrected chi connectivity index (χ3v) is 8.65. The first-order valence-corrected chi connectivity index (χ1v) is 10.8. The van der Waals surface area contributed by atoms with Crippen molar-refractivity contribution < 1.29 is 15.0 Å². The van der Waals surface area contributed by atoms with Gasteiger partial charge in [0.2, 0.25) is 0 Å². The molecule has 152 valence electrons. The largest absolute Gasteiger partial charge is 0.392 e. The molecule has 0 aliphatic heterocycles. The summed E-state index contributed by atoms with van der Waals surface area (Å²) in [5.41, 5.74) is 3.99. The molecule has 4 aliphatic carbocycles. The zero-order chi connectivity index (χ0) is 20.3. The van der Waals surface area contributed by atoms with E-state index >= 15 is 0 Å². The van der Waals surface area contributed by atoms with Gasteiger partial charge < -0.3 is 10.2 Å². The smallest absolute Gasteiger partial charge is 0.167 e. The minimum Gasteiger partial charge on any atom is -0.392 e. The molecule has 0 bridgehead atoms. The maximum absolute atomic E-state index is 13.5. The highest BCUT2D eigenvalue weighted by Gasteiger charge is 2.78. The van der Waals surface area contributed by atoms with E-state index in [1.54, 1.807) is 0 Å². The Hall–Kier alpha value is -1.45. The maximum atomic E-state index is 13.5. The molecule has 4 aliphatic rings. The molecule has 28 heavy (non-hydrogen) atoms. The second-order valence-corrected chi connectivity index (χ2v) is 9.93. The van der Waals surface area contributed by atoms with Crippen molar-refractivity contribution in [3.63, 3.8) is 0 Å². The van der Waals surface area contributed by atoms with Gasteiger partial charge in [-0.1, -0.05) is 48.8 Å². The third-order valence-electron chi connectivity index (χ3n) is 8.65. The van der Waals surface area contributed by atoms with Crippen LogP contribution in [0.1, 0.15) is 59.8 Å². The average molecular weight is 383 g/mol. The van der Waals surface area contributed by atoms with Gasteiger partial charge in [0.25, 0.3) is 0 Å². The normalized spacial score (nSPS) is 40.1. The van der Waals surface area contributed by atoms with Gasteiger partial charge in [0.1, 0.15) is 0 Å². The van der Waals surface area contributed by atoms with Crippen LogP contribution in [-0.2, 0) is 4.79 Å². The lowest BCUT2D eigenvalue weighted by Crippen LogP contribution is -2.49. The Labute approximate surface area is 168 Å². The minimum absolute atomic E-state index is 0.0126. The summed E-state index contributed by atoms with van der Waals surface area (Å²) in [6.07, 6.45) is 13.5. The van der Waals surface area contributed by atoms with E-state index in [2.05, 4.69) is 39.0 Å². The molecule has 0 saturated heterocycles. The quantitative estimate of drug-likeness (QED) is 0.664. The molecule has 3 nitrogen and oxygen atoms in total. The van der Waals surface area contributed by atoms with E-state index in [4.69, 9.17) is 0 Å². The Kier molecular flexibility index (Phi) is 4.63. The molecular weight excluding hydrogens is 348 g/mol. The molecule has 3 heteroatoms. The van der Waals surface area contributed by atoms with Crippen molar-refractivity contribution in [3.8, 4) is 0 Å². The number of allylic oxidation sites excluding steroid dienone is 6. The Morgan fingerprint density at radius 2 is 2.07 bits per heavy atom. The van der Waals surface area contributed by atoms with E-state index < -0.39 is 5.41 Å². The molecule has 2 N–H and O–H groups in total. The van der Waals surface area contributed by atoms with Gasteiger partial charge in [0, 0.05) is 5.41 Å². The van der Waals surface area contributed by atoms with Crippen LogP contribution in [0.15, 0.2) is 46.6 Å². The van der Waals surface area contributed by atoms with Crippen molar-refractivity contribution in [2.45, 2.75) is 59.8 Å². The summed E-state index contributed by atoms with van der Waals surface area (Å²) in [7, 11) is 0. The Bertz CT molecular complexity index is 829. The van der Waals surface area contributed by atoms with Crippen LogP contribution in [0.2, 0.25) is 0 Å². The first-order chi connectivity index (χ1) is 13.3. The zero-order valence-electron chi connectivity index (χ0n) is 17.7. The number of carbonyl (C=O) groups excluding carboxylic acids is 1. The van der Waals surface area contributed by atoms with Crippen LogP contribution >= 0.6 is 0 Å². The number of aliphatic hydroxyl groups excluding tert-OH is 2. The topological polar surface area (TPSA) is 57.5 Å². The monoisotopic (exact) mass is 382 g/mol. The highest BCUT2D eigenvalue weighted by Crippen LogP contribution is 2.81. The summed E-state index contributed by atoms with van der Waals surface area (Å²) < 4.78 is 0. The van der Waals surface area contributed by atoms with Crippen molar-refractivity contribution in [1.29, 1.82) is 0 Å². The maximum Gasteiger partial charge on any atom is 0.167 e. The highest BCUT2D eigenvalue weighted by molar-refractivity contribution is 6.04. The molecule has 0 aromatic carbocycles. The molecule has 1 saturated carbocycles. The average Bonchev–Trinajstić information content (AvgIpc) is 3.29. The fraction of sp³-hybridized carbons (Fsp3) is 0.640. The lowest BCUT2D eigenvalue weighted by molar-refractivity contribution is -0.127. The SMILES string of the molecule is CC(=CCCC(C)C1=CCC2(C)CC3C(C)=CC(=O)C34C(CO)=CCC124)CO. The van der Waals surface area contributed by atoms with E-state index in [1.807, 2.05) is 13.0 Å². The molecule has 0 aromatic heterocycles. The summed E-state index contributed by atoms with van der Waals surface area (Å²) >= 11 is 0. The zero-order valence-corrected chi connectivity index (χ0v) is 17.7. The molecular formula is C25H34O3. The molecule has 4 rings (SSSR count). The van der Waals surface area contributed by atoms with Gasteiger partial charge in [-0.05, 0) is 74.9 Å². The van der Waals surface area contributed by atoms with Gasteiger partial charge in [-0.25, -0.2) is 0 Å². The number of aliphatic hydroxyl groups is 2. The predicted octanol–water partition coefficient (Wildman–Crippen LogP) is 4.52. The Balaban J connectivity index is 1.75. The summed E-state index contributed by atoms with van der Waals surface area (Å²) in [6, 6.07) is 0. The fourth-order valence-corrected chi connectivity index (χ4v) is 7.43. The molecule has 0 radical (unpaired) electrons. The van der Waals surface area contributed by atoms with Crippen LogP contribution in [0.25, 0.3) is 0 Å². The van der Waals surface area contributed by atoms with Crippen molar-refractivity contribution in [2.75, 3.05) is 13.2 Å². The minimum atomic E-state index is -0.548. The molecule has 1 fully saturated rings. The van der Waals surface area contributed by atoms with Crippen LogP contribution in [0.4, 0.5) is 0 Å². The Morgan fingerprint density at radius 1 is 1.32 bits per heavy atom. The van der Waals surface area contributed by atoms with Crippen molar-refractivity contribution in [2.24, 2.45) is 28.1 Å². The van der Waals surface area contributed by atoms with Gasteiger partial charge >= 0.3 is 0 Å². The summed E-state index contributed by atoms with van der Waals surface area (Å²) in [4.78, 5) is 13.5. The summed E-state index contributed by atoms with van der Waals surface area (Å²) in [5, 5.41) is 19.5. The lowest BCUT2D eigenvalue weighted by Gasteiger charge is -2.49. The lowest BCUT2D eigenvalue weighted by atomic mass is 9.52. The second-order valence-electron chi connectivity index (χ2n) is 9.93. The summed E-state index contributed by atoms with van der Waals surface area (Å²) in [6.45, 7) is 8.86. The van der Waals surface area contributed by atoms with Crippen LogP contribution in [0.5, 0.6) is 0 Å². The van der Waals surface area contributed by atoms with E-state index in [0.29, 0.717) is 5.92 Å². The molecule has 0 aromatic rings. The number of rotatable bonds is 6. The van der Waals surface area contributed by atoms with E-state index in [-0.39, 0.29) is 35.7 Å².